The van der Waals surface area contributed by atoms with Crippen molar-refractivity contribution in [1.82, 2.24) is 19.7 Å². The molecule has 8 nitrogen and oxygen atoms in total. The highest BCUT2D eigenvalue weighted by Gasteiger charge is 2.11. The van der Waals surface area contributed by atoms with E-state index in [1.807, 2.05) is 45.2 Å². The molecule has 26 heavy (non-hydrogen) atoms. The van der Waals surface area contributed by atoms with Crippen LogP contribution in [0.1, 0.15) is 11.3 Å². The van der Waals surface area contributed by atoms with Crippen LogP contribution in [-0.2, 0) is 7.05 Å². The maximum absolute atomic E-state index is 5.32. The molecule has 0 saturated carbocycles. The molecule has 0 amide bonds. The average Bonchev–Trinajstić information content (AvgIpc) is 2.88. The second-order valence-electron chi connectivity index (χ2n) is 5.77. The quantitative estimate of drug-likeness (QED) is 0.702. The Balaban J connectivity index is 1.81. The van der Waals surface area contributed by atoms with Gasteiger partial charge >= 0.3 is 0 Å². The predicted octanol–water partition coefficient (Wildman–Crippen LogP) is 3.33. The summed E-state index contributed by atoms with van der Waals surface area (Å²) < 4.78 is 12.4. The van der Waals surface area contributed by atoms with E-state index in [4.69, 9.17) is 9.47 Å². The number of methoxy groups -OCH3 is 2. The lowest BCUT2D eigenvalue weighted by molar-refractivity contribution is 0.355. The van der Waals surface area contributed by atoms with E-state index >= 15 is 0 Å². The topological polar surface area (TPSA) is 86.1 Å². The van der Waals surface area contributed by atoms with Crippen molar-refractivity contribution in [2.75, 3.05) is 24.9 Å². The summed E-state index contributed by atoms with van der Waals surface area (Å²) in [4.78, 5) is 8.77. The van der Waals surface area contributed by atoms with Crippen molar-refractivity contribution in [2.24, 2.45) is 7.05 Å². The van der Waals surface area contributed by atoms with Gasteiger partial charge in [-0.3, -0.25) is 4.68 Å². The van der Waals surface area contributed by atoms with Crippen molar-refractivity contribution in [3.8, 4) is 11.5 Å². The molecular weight excluding hydrogens is 332 g/mol. The minimum Gasteiger partial charge on any atom is -0.493 e. The van der Waals surface area contributed by atoms with E-state index in [1.165, 1.54) is 0 Å². The fourth-order valence-electron chi connectivity index (χ4n) is 2.59. The molecule has 1 aromatic carbocycles. The monoisotopic (exact) mass is 354 g/mol. The summed E-state index contributed by atoms with van der Waals surface area (Å²) in [6.45, 7) is 4.00. The first kappa shape index (κ1) is 17.5. The van der Waals surface area contributed by atoms with Crippen LogP contribution in [0.25, 0.3) is 0 Å². The third-order valence-corrected chi connectivity index (χ3v) is 4.06. The molecule has 136 valence electrons. The lowest BCUT2D eigenvalue weighted by Crippen LogP contribution is -2.04. The van der Waals surface area contributed by atoms with E-state index in [1.54, 1.807) is 25.1 Å². The number of rotatable bonds is 6. The SMILES string of the molecule is COc1ccc(Nc2nccc(Nc3c(C)c(C)nn3C)n2)cc1OC. The second-order valence-corrected chi connectivity index (χ2v) is 5.77. The maximum atomic E-state index is 5.32. The minimum absolute atomic E-state index is 0.471. The first-order chi connectivity index (χ1) is 12.5. The summed E-state index contributed by atoms with van der Waals surface area (Å²) in [6, 6.07) is 7.34. The van der Waals surface area contributed by atoms with E-state index in [0.717, 1.165) is 22.8 Å². The zero-order chi connectivity index (χ0) is 18.7. The lowest BCUT2D eigenvalue weighted by atomic mass is 10.2. The Morgan fingerprint density at radius 1 is 1.00 bits per heavy atom. The summed E-state index contributed by atoms with van der Waals surface area (Å²) in [7, 11) is 5.10. The molecule has 3 rings (SSSR count). The molecule has 2 aromatic heterocycles. The molecule has 0 bridgehead atoms. The summed E-state index contributed by atoms with van der Waals surface area (Å²) >= 11 is 0. The van der Waals surface area contributed by atoms with Crippen molar-refractivity contribution in [3.05, 3.63) is 41.7 Å². The van der Waals surface area contributed by atoms with Crippen LogP contribution in [-0.4, -0.2) is 34.0 Å². The predicted molar refractivity (Wildman–Crippen MR) is 101 cm³/mol. The highest BCUT2D eigenvalue weighted by Crippen LogP contribution is 2.30. The number of hydrogen-bond acceptors (Lipinski definition) is 7. The van der Waals surface area contributed by atoms with Gasteiger partial charge < -0.3 is 20.1 Å². The van der Waals surface area contributed by atoms with Crippen LogP contribution in [0, 0.1) is 13.8 Å². The fraction of sp³-hybridized carbons (Fsp3) is 0.278. The Bertz CT molecular complexity index is 922. The van der Waals surface area contributed by atoms with Gasteiger partial charge in [0.1, 0.15) is 11.6 Å². The maximum Gasteiger partial charge on any atom is 0.229 e. The number of anilines is 4. The van der Waals surface area contributed by atoms with E-state index in [0.29, 0.717) is 23.3 Å². The van der Waals surface area contributed by atoms with Crippen LogP contribution in [0.2, 0.25) is 0 Å². The summed E-state index contributed by atoms with van der Waals surface area (Å²) in [5.41, 5.74) is 2.86. The standard InChI is InChI=1S/C18H22N6O2/c1-11-12(2)23-24(3)17(11)21-16-8-9-19-18(22-16)20-13-6-7-14(25-4)15(10-13)26-5/h6-10H,1-5H3,(H2,19,20,21,22). The van der Waals surface area contributed by atoms with E-state index in [-0.39, 0.29) is 0 Å². The van der Waals surface area contributed by atoms with Gasteiger partial charge in [-0.15, -0.1) is 0 Å². The van der Waals surface area contributed by atoms with Crippen molar-refractivity contribution < 1.29 is 9.47 Å². The van der Waals surface area contributed by atoms with Crippen LogP contribution in [0.3, 0.4) is 0 Å². The van der Waals surface area contributed by atoms with Gasteiger partial charge in [0.05, 0.1) is 19.9 Å². The molecule has 0 fully saturated rings. The zero-order valence-electron chi connectivity index (χ0n) is 15.5. The zero-order valence-corrected chi connectivity index (χ0v) is 15.5. The third kappa shape index (κ3) is 3.53. The molecule has 0 spiro atoms. The van der Waals surface area contributed by atoms with Crippen LogP contribution >= 0.6 is 0 Å². The molecule has 0 aliphatic carbocycles. The van der Waals surface area contributed by atoms with Gasteiger partial charge in [0, 0.05) is 30.6 Å². The van der Waals surface area contributed by atoms with Crippen LogP contribution < -0.4 is 20.1 Å². The third-order valence-electron chi connectivity index (χ3n) is 4.06. The van der Waals surface area contributed by atoms with Gasteiger partial charge in [-0.1, -0.05) is 0 Å². The van der Waals surface area contributed by atoms with Gasteiger partial charge in [0.2, 0.25) is 5.95 Å². The Morgan fingerprint density at radius 2 is 1.77 bits per heavy atom. The molecule has 3 aromatic rings. The van der Waals surface area contributed by atoms with Crippen molar-refractivity contribution >= 4 is 23.3 Å². The average molecular weight is 354 g/mol. The Labute approximate surface area is 152 Å². The summed E-state index contributed by atoms with van der Waals surface area (Å²) in [5, 5.41) is 10.9. The molecule has 0 radical (unpaired) electrons. The van der Waals surface area contributed by atoms with Crippen LogP contribution in [0.5, 0.6) is 11.5 Å². The molecule has 0 aliphatic heterocycles. The van der Waals surface area contributed by atoms with Crippen LogP contribution in [0.15, 0.2) is 30.5 Å². The molecule has 0 saturated heterocycles. The fourth-order valence-corrected chi connectivity index (χ4v) is 2.59. The van der Waals surface area contributed by atoms with Gasteiger partial charge in [-0.2, -0.15) is 10.1 Å². The Kier molecular flexibility index (Phi) is 4.92. The number of hydrogen-bond donors (Lipinski definition) is 2. The summed E-state index contributed by atoms with van der Waals surface area (Å²) in [5.74, 6) is 3.34. The molecule has 0 atom stereocenters. The number of ether oxygens (including phenoxy) is 2. The highest BCUT2D eigenvalue weighted by atomic mass is 16.5. The summed E-state index contributed by atoms with van der Waals surface area (Å²) in [6.07, 6.45) is 1.69. The Morgan fingerprint density at radius 3 is 2.42 bits per heavy atom. The normalized spacial score (nSPS) is 10.5. The molecule has 8 heteroatoms. The van der Waals surface area contributed by atoms with E-state index in [9.17, 15) is 0 Å². The van der Waals surface area contributed by atoms with Crippen molar-refractivity contribution in [3.63, 3.8) is 0 Å². The molecule has 2 heterocycles. The first-order valence-corrected chi connectivity index (χ1v) is 8.11. The van der Waals surface area contributed by atoms with Gasteiger partial charge in [-0.05, 0) is 32.0 Å². The lowest BCUT2D eigenvalue weighted by Gasteiger charge is -2.11. The number of aromatic nitrogens is 4. The Hall–Kier alpha value is -3.29. The van der Waals surface area contributed by atoms with Gasteiger partial charge in [0.15, 0.2) is 11.5 Å². The van der Waals surface area contributed by atoms with Gasteiger partial charge in [0.25, 0.3) is 0 Å². The van der Waals surface area contributed by atoms with Crippen molar-refractivity contribution in [2.45, 2.75) is 13.8 Å². The number of benzene rings is 1. The smallest absolute Gasteiger partial charge is 0.229 e. The van der Waals surface area contributed by atoms with Crippen molar-refractivity contribution in [1.29, 1.82) is 0 Å². The molecule has 2 N–H and O–H groups in total. The first-order valence-electron chi connectivity index (χ1n) is 8.11. The van der Waals surface area contributed by atoms with Gasteiger partial charge in [-0.25, -0.2) is 4.98 Å². The molecular formula is C18H22N6O2. The number of nitrogens with zero attached hydrogens (tertiary/aromatic N) is 4. The molecule has 0 unspecified atom stereocenters. The largest absolute Gasteiger partial charge is 0.493 e. The number of nitrogens with one attached hydrogen (secondary N) is 2. The van der Waals surface area contributed by atoms with E-state index in [2.05, 4.69) is 25.7 Å². The molecule has 0 aliphatic rings. The van der Waals surface area contributed by atoms with E-state index < -0.39 is 0 Å². The number of aryl methyl sites for hydroxylation is 2. The second kappa shape index (κ2) is 7.30. The highest BCUT2D eigenvalue weighted by molar-refractivity contribution is 5.62. The van der Waals surface area contributed by atoms with Crippen LogP contribution in [0.4, 0.5) is 23.3 Å². The minimum atomic E-state index is 0.471.